The maximum absolute atomic E-state index is 6.41. The molecule has 0 aliphatic rings. The Morgan fingerprint density at radius 3 is 2.65 bits per heavy atom. The van der Waals surface area contributed by atoms with Gasteiger partial charge in [-0.05, 0) is 58.4 Å². The Morgan fingerprint density at radius 2 is 2.00 bits per heavy atom. The zero-order valence-corrected chi connectivity index (χ0v) is 14.0. The van der Waals surface area contributed by atoms with Crippen molar-refractivity contribution in [3.05, 3.63) is 58.1 Å². The second-order valence-electron chi connectivity index (χ2n) is 4.34. The van der Waals surface area contributed by atoms with Gasteiger partial charge in [0, 0.05) is 4.90 Å². The molecule has 0 amide bonds. The van der Waals surface area contributed by atoms with Crippen molar-refractivity contribution in [2.24, 2.45) is 5.73 Å². The highest BCUT2D eigenvalue weighted by Gasteiger charge is 2.14. The predicted molar refractivity (Wildman–Crippen MR) is 89.6 cm³/mol. The van der Waals surface area contributed by atoms with E-state index in [9.17, 15) is 0 Å². The number of halogens is 1. The highest BCUT2D eigenvalue weighted by atomic mass is 79.9. The predicted octanol–water partition coefficient (Wildman–Crippen LogP) is 4.62. The molecule has 1 atom stereocenters. The van der Waals surface area contributed by atoms with Crippen LogP contribution < -0.4 is 10.5 Å². The van der Waals surface area contributed by atoms with Crippen molar-refractivity contribution in [1.82, 2.24) is 0 Å². The summed E-state index contributed by atoms with van der Waals surface area (Å²) in [4.78, 5) is 1.21. The molecule has 106 valence electrons. The molecule has 1 unspecified atom stereocenters. The van der Waals surface area contributed by atoms with E-state index in [1.165, 1.54) is 4.90 Å². The molecular formula is C16H18BrNOS. The first-order valence-corrected chi connectivity index (χ1v) is 8.50. The molecule has 4 heteroatoms. The van der Waals surface area contributed by atoms with Crippen LogP contribution in [-0.2, 0) is 0 Å². The average molecular weight is 352 g/mol. The molecule has 0 saturated carbocycles. The van der Waals surface area contributed by atoms with Crippen LogP contribution in [0.4, 0.5) is 0 Å². The van der Waals surface area contributed by atoms with Crippen molar-refractivity contribution in [3.8, 4) is 5.75 Å². The Hall–Kier alpha value is -0.970. The molecule has 0 aromatic heterocycles. The lowest BCUT2D eigenvalue weighted by molar-refractivity contribution is 0.338. The van der Waals surface area contributed by atoms with E-state index in [0.29, 0.717) is 6.61 Å². The van der Waals surface area contributed by atoms with Crippen molar-refractivity contribution in [3.63, 3.8) is 0 Å². The summed E-state index contributed by atoms with van der Waals surface area (Å²) in [6, 6.07) is 14.1. The lowest BCUT2D eigenvalue weighted by Gasteiger charge is -2.17. The van der Waals surface area contributed by atoms with Gasteiger partial charge in [-0.25, -0.2) is 0 Å². The van der Waals surface area contributed by atoms with Crippen LogP contribution in [0.3, 0.4) is 0 Å². The van der Waals surface area contributed by atoms with Crippen molar-refractivity contribution in [2.45, 2.75) is 17.9 Å². The normalized spacial score (nSPS) is 12.2. The van der Waals surface area contributed by atoms with E-state index in [2.05, 4.69) is 34.3 Å². The molecular weight excluding hydrogens is 334 g/mol. The van der Waals surface area contributed by atoms with Gasteiger partial charge in [0.15, 0.2) is 0 Å². The van der Waals surface area contributed by atoms with Crippen molar-refractivity contribution < 1.29 is 4.74 Å². The highest BCUT2D eigenvalue weighted by Crippen LogP contribution is 2.32. The molecule has 0 heterocycles. The number of hydrogen-bond donors (Lipinski definition) is 1. The largest absolute Gasteiger partial charge is 0.493 e. The van der Waals surface area contributed by atoms with E-state index in [1.807, 2.05) is 37.3 Å². The average Bonchev–Trinajstić information content (AvgIpc) is 2.48. The summed E-state index contributed by atoms with van der Waals surface area (Å²) < 4.78 is 6.47. The lowest BCUT2D eigenvalue weighted by Crippen LogP contribution is -2.13. The molecule has 2 aromatic rings. The smallest absolute Gasteiger partial charge is 0.133 e. The van der Waals surface area contributed by atoms with Crippen LogP contribution in [-0.4, -0.2) is 12.9 Å². The quantitative estimate of drug-likeness (QED) is 0.798. The number of ether oxygens (including phenoxy) is 1. The third-order valence-corrected chi connectivity index (χ3v) is 4.52. The number of nitrogens with two attached hydrogens (primary N) is 1. The van der Waals surface area contributed by atoms with Crippen LogP contribution in [0, 0.1) is 0 Å². The Balaban J connectivity index is 2.33. The maximum atomic E-state index is 6.41. The van der Waals surface area contributed by atoms with Gasteiger partial charge in [-0.3, -0.25) is 0 Å². The first kappa shape index (κ1) is 15.4. The summed E-state index contributed by atoms with van der Waals surface area (Å²) in [5, 5.41) is 0. The summed E-state index contributed by atoms with van der Waals surface area (Å²) in [5.41, 5.74) is 8.63. The van der Waals surface area contributed by atoms with Crippen LogP contribution in [0.1, 0.15) is 24.1 Å². The Bertz CT molecular complexity index is 588. The van der Waals surface area contributed by atoms with E-state index < -0.39 is 0 Å². The number of thioether (sulfide) groups is 1. The summed E-state index contributed by atoms with van der Waals surface area (Å²) in [7, 11) is 0. The first-order valence-electron chi connectivity index (χ1n) is 6.48. The van der Waals surface area contributed by atoms with Gasteiger partial charge in [0.2, 0.25) is 0 Å². The molecule has 0 bridgehead atoms. The lowest BCUT2D eigenvalue weighted by atomic mass is 9.99. The SMILES string of the molecule is CCOc1ccc(C(N)c2ccccc2SC)cc1Br. The van der Waals surface area contributed by atoms with Crippen LogP contribution in [0.25, 0.3) is 0 Å². The zero-order valence-electron chi connectivity index (χ0n) is 11.6. The van der Waals surface area contributed by atoms with Crippen LogP contribution in [0.2, 0.25) is 0 Å². The molecule has 0 saturated heterocycles. The van der Waals surface area contributed by atoms with Gasteiger partial charge in [-0.1, -0.05) is 24.3 Å². The van der Waals surface area contributed by atoms with Crippen LogP contribution >= 0.6 is 27.7 Å². The molecule has 0 spiro atoms. The Morgan fingerprint density at radius 1 is 1.25 bits per heavy atom. The molecule has 0 aliphatic heterocycles. The van der Waals surface area contributed by atoms with E-state index in [-0.39, 0.29) is 6.04 Å². The molecule has 0 fully saturated rings. The van der Waals surface area contributed by atoms with Gasteiger partial charge >= 0.3 is 0 Å². The van der Waals surface area contributed by atoms with Gasteiger partial charge in [0.05, 0.1) is 17.1 Å². The van der Waals surface area contributed by atoms with E-state index in [1.54, 1.807) is 11.8 Å². The van der Waals surface area contributed by atoms with E-state index in [4.69, 9.17) is 10.5 Å². The van der Waals surface area contributed by atoms with Gasteiger partial charge in [0.1, 0.15) is 5.75 Å². The Kier molecular flexibility index (Phi) is 5.52. The molecule has 2 aromatic carbocycles. The minimum atomic E-state index is -0.134. The fourth-order valence-corrected chi connectivity index (χ4v) is 3.24. The summed E-state index contributed by atoms with van der Waals surface area (Å²) in [5.74, 6) is 0.849. The summed E-state index contributed by atoms with van der Waals surface area (Å²) in [6.45, 7) is 2.63. The second kappa shape index (κ2) is 7.16. The standard InChI is InChI=1S/C16H18BrNOS/c1-3-19-14-9-8-11(10-13(14)17)16(18)12-6-4-5-7-15(12)20-2/h4-10,16H,3,18H2,1-2H3. The highest BCUT2D eigenvalue weighted by molar-refractivity contribution is 9.10. The monoisotopic (exact) mass is 351 g/mol. The molecule has 2 rings (SSSR count). The minimum absolute atomic E-state index is 0.134. The first-order chi connectivity index (χ1) is 9.67. The molecule has 20 heavy (non-hydrogen) atoms. The minimum Gasteiger partial charge on any atom is -0.493 e. The Labute approximate surface area is 132 Å². The number of rotatable bonds is 5. The fourth-order valence-electron chi connectivity index (χ4n) is 2.09. The van der Waals surface area contributed by atoms with Crippen LogP contribution in [0.5, 0.6) is 5.75 Å². The summed E-state index contributed by atoms with van der Waals surface area (Å²) >= 11 is 5.26. The van der Waals surface area contributed by atoms with E-state index in [0.717, 1.165) is 21.3 Å². The van der Waals surface area contributed by atoms with E-state index >= 15 is 0 Å². The van der Waals surface area contributed by atoms with Gasteiger partial charge in [-0.2, -0.15) is 0 Å². The number of hydrogen-bond acceptors (Lipinski definition) is 3. The number of benzene rings is 2. The molecule has 0 radical (unpaired) electrons. The third-order valence-electron chi connectivity index (χ3n) is 3.09. The molecule has 0 aliphatic carbocycles. The maximum Gasteiger partial charge on any atom is 0.133 e. The summed E-state index contributed by atoms with van der Waals surface area (Å²) in [6.07, 6.45) is 2.07. The van der Waals surface area contributed by atoms with Crippen LogP contribution in [0.15, 0.2) is 51.8 Å². The third kappa shape index (κ3) is 3.37. The molecule has 2 nitrogen and oxygen atoms in total. The second-order valence-corrected chi connectivity index (χ2v) is 6.04. The van der Waals surface area contributed by atoms with Gasteiger partial charge in [-0.15, -0.1) is 11.8 Å². The van der Waals surface area contributed by atoms with Gasteiger partial charge < -0.3 is 10.5 Å². The van der Waals surface area contributed by atoms with Crippen molar-refractivity contribution in [1.29, 1.82) is 0 Å². The van der Waals surface area contributed by atoms with Crippen molar-refractivity contribution in [2.75, 3.05) is 12.9 Å². The van der Waals surface area contributed by atoms with Gasteiger partial charge in [0.25, 0.3) is 0 Å². The molecule has 2 N–H and O–H groups in total. The van der Waals surface area contributed by atoms with Crippen molar-refractivity contribution >= 4 is 27.7 Å². The zero-order chi connectivity index (χ0) is 14.5. The fraction of sp³-hybridized carbons (Fsp3) is 0.250. The topological polar surface area (TPSA) is 35.2 Å².